The van der Waals surface area contributed by atoms with Gasteiger partial charge in [0.25, 0.3) is 11.5 Å². The molecule has 2 aromatic carbocycles. The number of carbonyl (C=O) groups is 2. The number of rotatable bonds is 7. The van der Waals surface area contributed by atoms with Crippen molar-refractivity contribution in [1.29, 1.82) is 0 Å². The van der Waals surface area contributed by atoms with Crippen LogP contribution in [0.25, 0.3) is 16.7 Å². The van der Waals surface area contributed by atoms with Crippen molar-refractivity contribution in [3.8, 4) is 0 Å². The quantitative estimate of drug-likeness (QED) is 0.322. The summed E-state index contributed by atoms with van der Waals surface area (Å²) in [5, 5.41) is 12.3. The van der Waals surface area contributed by atoms with Gasteiger partial charge in [0.1, 0.15) is 0 Å². The Morgan fingerprint density at radius 3 is 2.62 bits per heavy atom. The van der Waals surface area contributed by atoms with E-state index in [2.05, 4.69) is 15.5 Å². The maximum atomic E-state index is 12.9. The van der Waals surface area contributed by atoms with Crippen molar-refractivity contribution < 1.29 is 9.59 Å². The molecule has 4 aromatic rings. The molecular weight excluding hydrogens is 450 g/mol. The highest BCUT2D eigenvalue weighted by molar-refractivity contribution is 7.99. The molecular formula is C25H27N5O3S. The number of nitrogens with one attached hydrogen (secondary N) is 1. The number of amides is 1. The lowest BCUT2D eigenvalue weighted by molar-refractivity contribution is 0.0938. The third-order valence-electron chi connectivity index (χ3n) is 5.97. The lowest BCUT2D eigenvalue weighted by atomic mass is 10.0. The average molecular weight is 478 g/mol. The molecule has 2 heterocycles. The normalized spacial score (nSPS) is 12.3. The van der Waals surface area contributed by atoms with Crippen LogP contribution in [0.2, 0.25) is 0 Å². The summed E-state index contributed by atoms with van der Waals surface area (Å²) in [6.07, 6.45) is 0.810. The molecule has 9 heteroatoms. The van der Waals surface area contributed by atoms with Crippen LogP contribution in [-0.4, -0.2) is 42.7 Å². The highest BCUT2D eigenvalue weighted by Gasteiger charge is 2.19. The Bertz CT molecular complexity index is 1490. The standard InChI is InChI=1S/C25H27N5O3S/c1-6-16(4)26-22(32)17-9-10-18-20(12-17)30-24(29(5)23(18)33)27-28-25(30)34-13-21(31)19-11-14(2)7-8-15(19)3/h7-12,16H,6,13H2,1-5H3,(H,26,32). The minimum absolute atomic E-state index is 0.00862. The summed E-state index contributed by atoms with van der Waals surface area (Å²) in [6, 6.07) is 10.8. The number of nitrogens with zero attached hydrogens (tertiary/aromatic N) is 4. The van der Waals surface area contributed by atoms with Gasteiger partial charge in [-0.2, -0.15) is 0 Å². The maximum Gasteiger partial charge on any atom is 0.262 e. The van der Waals surface area contributed by atoms with E-state index in [1.54, 1.807) is 29.6 Å². The molecule has 0 saturated carbocycles. The number of aromatic nitrogens is 4. The van der Waals surface area contributed by atoms with Gasteiger partial charge in [0.2, 0.25) is 5.78 Å². The van der Waals surface area contributed by atoms with Gasteiger partial charge in [-0.25, -0.2) is 0 Å². The van der Waals surface area contributed by atoms with Crippen molar-refractivity contribution in [2.45, 2.75) is 45.3 Å². The molecule has 1 unspecified atom stereocenters. The zero-order valence-corrected chi connectivity index (χ0v) is 20.7. The largest absolute Gasteiger partial charge is 0.350 e. The number of thioether (sulfide) groups is 1. The first-order chi connectivity index (χ1) is 16.2. The number of hydrogen-bond donors (Lipinski definition) is 1. The third-order valence-corrected chi connectivity index (χ3v) is 6.90. The number of fused-ring (bicyclic) bond motifs is 3. The summed E-state index contributed by atoms with van der Waals surface area (Å²) in [4.78, 5) is 38.5. The van der Waals surface area contributed by atoms with Gasteiger partial charge in [-0.1, -0.05) is 36.4 Å². The second-order valence-corrected chi connectivity index (χ2v) is 9.47. The fraction of sp³-hybridized carbons (Fsp3) is 0.320. The first kappa shape index (κ1) is 23.7. The van der Waals surface area contributed by atoms with Crippen molar-refractivity contribution in [2.75, 3.05) is 5.75 Å². The van der Waals surface area contributed by atoms with Crippen LogP contribution in [0, 0.1) is 13.8 Å². The highest BCUT2D eigenvalue weighted by Crippen LogP contribution is 2.24. The molecule has 0 aliphatic rings. The van der Waals surface area contributed by atoms with E-state index in [9.17, 15) is 14.4 Å². The fourth-order valence-corrected chi connectivity index (χ4v) is 4.57. The molecule has 0 bridgehead atoms. The minimum atomic E-state index is -0.230. The zero-order valence-electron chi connectivity index (χ0n) is 19.9. The Morgan fingerprint density at radius 2 is 1.88 bits per heavy atom. The highest BCUT2D eigenvalue weighted by atomic mass is 32.2. The molecule has 4 rings (SSSR count). The van der Waals surface area contributed by atoms with Crippen LogP contribution in [0.3, 0.4) is 0 Å². The molecule has 0 spiro atoms. The molecule has 1 N–H and O–H groups in total. The van der Waals surface area contributed by atoms with Crippen LogP contribution in [0.1, 0.15) is 52.1 Å². The van der Waals surface area contributed by atoms with Gasteiger partial charge in [-0.15, -0.1) is 10.2 Å². The van der Waals surface area contributed by atoms with E-state index in [0.717, 1.165) is 17.5 Å². The Morgan fingerprint density at radius 1 is 1.12 bits per heavy atom. The summed E-state index contributed by atoms with van der Waals surface area (Å²) in [5.41, 5.74) is 3.37. The Labute approximate surface area is 201 Å². The first-order valence-corrected chi connectivity index (χ1v) is 12.1. The van der Waals surface area contributed by atoms with Crippen molar-refractivity contribution in [3.05, 3.63) is 69.0 Å². The van der Waals surface area contributed by atoms with Gasteiger partial charge >= 0.3 is 0 Å². The van der Waals surface area contributed by atoms with E-state index < -0.39 is 0 Å². The Kier molecular flexibility index (Phi) is 6.56. The molecule has 0 aliphatic heterocycles. The molecule has 34 heavy (non-hydrogen) atoms. The Balaban J connectivity index is 1.76. The van der Waals surface area contributed by atoms with Gasteiger partial charge in [0.05, 0.1) is 16.7 Å². The van der Waals surface area contributed by atoms with E-state index in [1.807, 2.05) is 45.9 Å². The number of Topliss-reactive ketones (excluding diaryl/α,β-unsaturated/α-hetero) is 1. The lowest BCUT2D eigenvalue weighted by Crippen LogP contribution is -2.32. The van der Waals surface area contributed by atoms with Crippen LogP contribution in [0.15, 0.2) is 46.3 Å². The van der Waals surface area contributed by atoms with Crippen LogP contribution >= 0.6 is 11.8 Å². The van der Waals surface area contributed by atoms with Gasteiger partial charge in [-0.3, -0.25) is 23.4 Å². The summed E-state index contributed by atoms with van der Waals surface area (Å²) in [6.45, 7) is 7.81. The minimum Gasteiger partial charge on any atom is -0.350 e. The summed E-state index contributed by atoms with van der Waals surface area (Å²) < 4.78 is 3.16. The number of ketones is 1. The second-order valence-electron chi connectivity index (χ2n) is 8.53. The van der Waals surface area contributed by atoms with Crippen LogP contribution in [-0.2, 0) is 7.05 Å². The monoisotopic (exact) mass is 477 g/mol. The van der Waals surface area contributed by atoms with Crippen molar-refractivity contribution >= 4 is 40.1 Å². The van der Waals surface area contributed by atoms with E-state index >= 15 is 0 Å². The number of hydrogen-bond acceptors (Lipinski definition) is 6. The van der Waals surface area contributed by atoms with Crippen molar-refractivity contribution in [2.24, 2.45) is 7.05 Å². The molecule has 0 saturated heterocycles. The number of aryl methyl sites for hydroxylation is 3. The van der Waals surface area contributed by atoms with Gasteiger partial charge < -0.3 is 5.32 Å². The molecule has 8 nitrogen and oxygen atoms in total. The average Bonchev–Trinajstić information content (AvgIpc) is 3.26. The van der Waals surface area contributed by atoms with Crippen molar-refractivity contribution in [3.63, 3.8) is 0 Å². The molecule has 0 aliphatic carbocycles. The Hall–Kier alpha value is -3.46. The first-order valence-electron chi connectivity index (χ1n) is 11.1. The van der Waals surface area contributed by atoms with Crippen LogP contribution in [0.5, 0.6) is 0 Å². The predicted octanol–water partition coefficient (Wildman–Crippen LogP) is 3.70. The SMILES string of the molecule is CCC(C)NC(=O)c1ccc2c(=O)n(C)c3nnc(SCC(=O)c4cc(C)ccc4C)n3c2c1. The number of benzene rings is 2. The molecule has 1 amide bonds. The van der Waals surface area contributed by atoms with Gasteiger partial charge in [0.15, 0.2) is 10.9 Å². The molecule has 176 valence electrons. The fourth-order valence-electron chi connectivity index (χ4n) is 3.75. The molecule has 0 radical (unpaired) electrons. The lowest BCUT2D eigenvalue weighted by Gasteiger charge is -2.13. The second kappa shape index (κ2) is 9.42. The van der Waals surface area contributed by atoms with E-state index in [0.29, 0.717) is 33.0 Å². The van der Waals surface area contributed by atoms with Gasteiger partial charge in [0, 0.05) is 24.2 Å². The molecule has 2 aromatic heterocycles. The summed E-state index contributed by atoms with van der Waals surface area (Å²) in [5.74, 6) is 0.297. The third kappa shape index (κ3) is 4.35. The van der Waals surface area contributed by atoms with Crippen LogP contribution < -0.4 is 10.9 Å². The number of carbonyl (C=O) groups excluding carboxylic acids is 2. The van der Waals surface area contributed by atoms with Gasteiger partial charge in [-0.05, 0) is 57.0 Å². The van der Waals surface area contributed by atoms with E-state index in [-0.39, 0.29) is 29.0 Å². The van der Waals surface area contributed by atoms with E-state index in [4.69, 9.17) is 0 Å². The zero-order chi connectivity index (χ0) is 24.6. The van der Waals surface area contributed by atoms with E-state index in [1.165, 1.54) is 16.3 Å². The van der Waals surface area contributed by atoms with Crippen molar-refractivity contribution in [1.82, 2.24) is 24.5 Å². The van der Waals surface area contributed by atoms with Crippen LogP contribution in [0.4, 0.5) is 0 Å². The molecule has 1 atom stereocenters. The summed E-state index contributed by atoms with van der Waals surface area (Å²) in [7, 11) is 1.63. The maximum absolute atomic E-state index is 12.9. The molecule has 0 fully saturated rings. The topological polar surface area (TPSA) is 98.4 Å². The predicted molar refractivity (Wildman–Crippen MR) is 134 cm³/mol. The smallest absolute Gasteiger partial charge is 0.262 e. The summed E-state index contributed by atoms with van der Waals surface area (Å²) >= 11 is 1.26.